The normalized spacial score (nSPS) is 13.9. The molecular formula is C14H17NO2S. The van der Waals surface area contributed by atoms with Crippen LogP contribution in [0, 0.1) is 11.8 Å². The number of nitrogens with zero attached hydrogens (tertiary/aromatic N) is 1. The Hall–Kier alpha value is -1.31. The largest absolute Gasteiger partial charge is 0.384 e. The standard InChI is InChI=1S/C14H17NO2S/c1-2-9-15(11-5-6-11)14(17)13-8-7-12(18-13)4-3-10-16/h7-8,11,16H,2,5-6,9-10H2,1H3. The van der Waals surface area contributed by atoms with Gasteiger partial charge in [-0.1, -0.05) is 18.8 Å². The summed E-state index contributed by atoms with van der Waals surface area (Å²) in [6.45, 7) is 2.78. The highest BCUT2D eigenvalue weighted by molar-refractivity contribution is 7.14. The minimum Gasteiger partial charge on any atom is -0.384 e. The zero-order valence-corrected chi connectivity index (χ0v) is 11.3. The van der Waals surface area contributed by atoms with Crippen LogP contribution < -0.4 is 0 Å². The molecule has 1 aliphatic carbocycles. The van der Waals surface area contributed by atoms with Gasteiger partial charge in [0, 0.05) is 12.6 Å². The fourth-order valence-corrected chi connectivity index (χ4v) is 2.70. The molecule has 1 heterocycles. The van der Waals surface area contributed by atoms with Crippen molar-refractivity contribution in [3.63, 3.8) is 0 Å². The van der Waals surface area contributed by atoms with Crippen LogP contribution in [-0.4, -0.2) is 35.1 Å². The molecular weight excluding hydrogens is 246 g/mol. The van der Waals surface area contributed by atoms with E-state index >= 15 is 0 Å². The molecule has 2 rings (SSSR count). The van der Waals surface area contributed by atoms with E-state index in [0.717, 1.165) is 35.6 Å². The van der Waals surface area contributed by atoms with Gasteiger partial charge in [0.15, 0.2) is 0 Å². The molecule has 0 spiro atoms. The Balaban J connectivity index is 2.09. The van der Waals surface area contributed by atoms with Gasteiger partial charge in [0.1, 0.15) is 6.61 Å². The number of hydrogen-bond donors (Lipinski definition) is 1. The van der Waals surface area contributed by atoms with Crippen LogP contribution in [0.1, 0.15) is 40.7 Å². The Kier molecular flexibility index (Phi) is 4.40. The van der Waals surface area contributed by atoms with Crippen LogP contribution in [0.3, 0.4) is 0 Å². The Morgan fingerprint density at radius 2 is 2.33 bits per heavy atom. The molecule has 1 aromatic heterocycles. The third-order valence-corrected chi connectivity index (χ3v) is 3.81. The molecule has 0 aliphatic heterocycles. The van der Waals surface area contributed by atoms with Crippen LogP contribution in [0.4, 0.5) is 0 Å². The first-order chi connectivity index (χ1) is 8.76. The molecule has 1 N–H and O–H groups in total. The van der Waals surface area contributed by atoms with Crippen LogP contribution >= 0.6 is 11.3 Å². The summed E-state index contributed by atoms with van der Waals surface area (Å²) in [5, 5.41) is 8.64. The van der Waals surface area contributed by atoms with E-state index in [1.54, 1.807) is 0 Å². The first-order valence-electron chi connectivity index (χ1n) is 6.26. The van der Waals surface area contributed by atoms with Crippen LogP contribution in [0.5, 0.6) is 0 Å². The van der Waals surface area contributed by atoms with E-state index in [1.165, 1.54) is 11.3 Å². The van der Waals surface area contributed by atoms with E-state index in [2.05, 4.69) is 18.8 Å². The van der Waals surface area contributed by atoms with Crippen molar-refractivity contribution < 1.29 is 9.90 Å². The van der Waals surface area contributed by atoms with Crippen molar-refractivity contribution in [3.8, 4) is 11.8 Å². The van der Waals surface area contributed by atoms with Gasteiger partial charge in [0.2, 0.25) is 0 Å². The molecule has 3 nitrogen and oxygen atoms in total. The molecule has 4 heteroatoms. The van der Waals surface area contributed by atoms with E-state index in [0.29, 0.717) is 6.04 Å². The quantitative estimate of drug-likeness (QED) is 0.845. The predicted octanol–water partition coefficient (Wildman–Crippen LogP) is 2.11. The second-order valence-electron chi connectivity index (χ2n) is 4.35. The van der Waals surface area contributed by atoms with Gasteiger partial charge < -0.3 is 10.0 Å². The molecule has 96 valence electrons. The van der Waals surface area contributed by atoms with Gasteiger partial charge >= 0.3 is 0 Å². The van der Waals surface area contributed by atoms with Crippen molar-refractivity contribution in [3.05, 3.63) is 21.9 Å². The predicted molar refractivity (Wildman–Crippen MR) is 72.6 cm³/mol. The van der Waals surface area contributed by atoms with E-state index in [-0.39, 0.29) is 12.5 Å². The lowest BCUT2D eigenvalue weighted by atomic mass is 10.3. The number of carbonyl (C=O) groups excluding carboxylic acids is 1. The summed E-state index contributed by atoms with van der Waals surface area (Å²) in [6, 6.07) is 4.13. The molecule has 0 unspecified atom stereocenters. The summed E-state index contributed by atoms with van der Waals surface area (Å²) in [5.74, 6) is 5.56. The molecule has 0 aromatic carbocycles. The molecule has 0 saturated heterocycles. The van der Waals surface area contributed by atoms with Crippen molar-refractivity contribution in [2.75, 3.05) is 13.2 Å². The fourth-order valence-electron chi connectivity index (χ4n) is 1.87. The number of hydrogen-bond acceptors (Lipinski definition) is 3. The molecule has 1 aromatic rings. The molecule has 1 saturated carbocycles. The molecule has 1 aliphatic rings. The highest BCUT2D eigenvalue weighted by atomic mass is 32.1. The number of thiophene rings is 1. The number of carbonyl (C=O) groups is 1. The maximum atomic E-state index is 12.3. The summed E-state index contributed by atoms with van der Waals surface area (Å²) in [6.07, 6.45) is 3.26. The van der Waals surface area contributed by atoms with E-state index in [1.807, 2.05) is 17.0 Å². The van der Waals surface area contributed by atoms with Crippen LogP contribution in [0.15, 0.2) is 12.1 Å². The van der Waals surface area contributed by atoms with Gasteiger partial charge in [0.25, 0.3) is 5.91 Å². The summed E-state index contributed by atoms with van der Waals surface area (Å²) in [4.78, 5) is 15.9. The monoisotopic (exact) mass is 263 g/mol. The van der Waals surface area contributed by atoms with Crippen LogP contribution in [0.2, 0.25) is 0 Å². The first kappa shape index (κ1) is 13.1. The summed E-state index contributed by atoms with van der Waals surface area (Å²) in [5.41, 5.74) is 0. The minimum atomic E-state index is -0.148. The van der Waals surface area contributed by atoms with Crippen molar-refractivity contribution in [2.45, 2.75) is 32.2 Å². The van der Waals surface area contributed by atoms with Crippen LogP contribution in [0.25, 0.3) is 0 Å². The van der Waals surface area contributed by atoms with Crippen molar-refractivity contribution in [1.82, 2.24) is 4.90 Å². The highest BCUT2D eigenvalue weighted by Gasteiger charge is 2.32. The lowest BCUT2D eigenvalue weighted by Gasteiger charge is -2.20. The number of aliphatic hydroxyl groups is 1. The second kappa shape index (κ2) is 6.03. The summed E-state index contributed by atoms with van der Waals surface area (Å²) < 4.78 is 0. The highest BCUT2D eigenvalue weighted by Crippen LogP contribution is 2.29. The summed E-state index contributed by atoms with van der Waals surface area (Å²) in [7, 11) is 0. The molecule has 18 heavy (non-hydrogen) atoms. The number of amides is 1. The van der Waals surface area contributed by atoms with Gasteiger partial charge in [-0.2, -0.15) is 0 Å². The van der Waals surface area contributed by atoms with E-state index in [4.69, 9.17) is 5.11 Å². The zero-order chi connectivity index (χ0) is 13.0. The molecule has 1 amide bonds. The zero-order valence-electron chi connectivity index (χ0n) is 10.5. The van der Waals surface area contributed by atoms with Gasteiger partial charge in [-0.15, -0.1) is 11.3 Å². The van der Waals surface area contributed by atoms with E-state index in [9.17, 15) is 4.79 Å². The Morgan fingerprint density at radius 1 is 1.56 bits per heavy atom. The maximum Gasteiger partial charge on any atom is 0.264 e. The van der Waals surface area contributed by atoms with Gasteiger partial charge in [-0.05, 0) is 31.4 Å². The average molecular weight is 263 g/mol. The lowest BCUT2D eigenvalue weighted by Crippen LogP contribution is -2.33. The average Bonchev–Trinajstić information content (AvgIpc) is 3.11. The van der Waals surface area contributed by atoms with Crippen molar-refractivity contribution in [2.24, 2.45) is 0 Å². The van der Waals surface area contributed by atoms with Gasteiger partial charge in [-0.25, -0.2) is 0 Å². The third-order valence-electron chi connectivity index (χ3n) is 2.82. The topological polar surface area (TPSA) is 40.5 Å². The smallest absolute Gasteiger partial charge is 0.264 e. The molecule has 1 fully saturated rings. The summed E-state index contributed by atoms with van der Waals surface area (Å²) >= 11 is 1.40. The maximum absolute atomic E-state index is 12.3. The third kappa shape index (κ3) is 3.12. The fraction of sp³-hybridized carbons (Fsp3) is 0.500. The first-order valence-corrected chi connectivity index (χ1v) is 7.08. The SMILES string of the molecule is CCCN(C(=O)c1ccc(C#CCO)s1)C1CC1. The minimum absolute atomic E-state index is 0.126. The number of aliphatic hydroxyl groups excluding tert-OH is 1. The van der Waals surface area contributed by atoms with E-state index < -0.39 is 0 Å². The van der Waals surface area contributed by atoms with Gasteiger partial charge in [0.05, 0.1) is 9.75 Å². The second-order valence-corrected chi connectivity index (χ2v) is 5.44. The Bertz CT molecular complexity index is 479. The van der Waals surface area contributed by atoms with Crippen LogP contribution in [-0.2, 0) is 0 Å². The Morgan fingerprint density at radius 3 is 2.94 bits per heavy atom. The Labute approximate surface area is 111 Å². The number of rotatable bonds is 4. The lowest BCUT2D eigenvalue weighted by molar-refractivity contribution is 0.0748. The van der Waals surface area contributed by atoms with Gasteiger partial charge in [-0.3, -0.25) is 4.79 Å². The molecule has 0 radical (unpaired) electrons. The molecule has 0 bridgehead atoms. The van der Waals surface area contributed by atoms with Crippen molar-refractivity contribution >= 4 is 17.2 Å². The molecule has 0 atom stereocenters. The van der Waals surface area contributed by atoms with Crippen molar-refractivity contribution in [1.29, 1.82) is 0 Å².